The fourth-order valence-corrected chi connectivity index (χ4v) is 20.2. The molecule has 3 atom stereocenters. The van der Waals surface area contributed by atoms with E-state index in [-0.39, 0.29) is 52.5 Å². The van der Waals surface area contributed by atoms with Gasteiger partial charge in [-0.2, -0.15) is 0 Å². The number of carbonyl (C=O) groups excluding carboxylic acids is 1. The van der Waals surface area contributed by atoms with Gasteiger partial charge in [0.25, 0.3) is 5.56 Å². The van der Waals surface area contributed by atoms with E-state index in [1.807, 2.05) is 12.1 Å². The summed E-state index contributed by atoms with van der Waals surface area (Å²) in [4.78, 5) is 49.2. The van der Waals surface area contributed by atoms with Crippen LogP contribution in [0.25, 0.3) is 0 Å². The van der Waals surface area contributed by atoms with Crippen LogP contribution in [0.2, 0.25) is 20.2 Å². The number of carboxylic acid groups (broad SMARTS) is 1. The SMILES string of the molecule is CC(C)(C)[SiH](c1ccc(CC(=O)O)cc1)C(C)(C)C.CC[C@H]1OC(n2cc(C)c(=O)n(CCCNC(=O)Cc3ccc([SiH](C(C)(C)C)C(C)(C)C)cc3)c2=O)C[C@@H]1C. The minimum atomic E-state index is -1.27. The summed E-state index contributed by atoms with van der Waals surface area (Å²) in [6.45, 7) is 34.5. The number of carbonyl (C=O) groups is 2. The molecule has 9 nitrogen and oxygen atoms in total. The third-order valence-electron chi connectivity index (χ3n) is 11.3. The molecule has 1 aliphatic heterocycles. The lowest BCUT2D eigenvalue weighted by molar-refractivity contribution is -0.136. The molecule has 58 heavy (non-hydrogen) atoms. The minimum Gasteiger partial charge on any atom is -0.481 e. The van der Waals surface area contributed by atoms with Crippen LogP contribution in [-0.4, -0.2) is 56.4 Å². The summed E-state index contributed by atoms with van der Waals surface area (Å²) in [5.41, 5.74) is 1.75. The maximum atomic E-state index is 13.2. The van der Waals surface area contributed by atoms with Crippen molar-refractivity contribution in [3.05, 3.63) is 92.3 Å². The van der Waals surface area contributed by atoms with Crippen molar-refractivity contribution in [3.63, 3.8) is 0 Å². The van der Waals surface area contributed by atoms with Crippen molar-refractivity contribution < 1.29 is 19.4 Å². The number of ether oxygens (including phenoxy) is 1. The first-order valence-electron chi connectivity index (χ1n) is 21.3. The third-order valence-corrected chi connectivity index (χ3v) is 20.3. The van der Waals surface area contributed by atoms with Gasteiger partial charge in [-0.05, 0) is 63.4 Å². The van der Waals surface area contributed by atoms with E-state index >= 15 is 0 Å². The molecule has 1 aromatic heterocycles. The van der Waals surface area contributed by atoms with Gasteiger partial charge < -0.3 is 15.2 Å². The smallest absolute Gasteiger partial charge is 0.333 e. The lowest BCUT2D eigenvalue weighted by Gasteiger charge is -2.40. The number of amides is 1. The second kappa shape index (κ2) is 19.7. The number of hydrogen-bond donors (Lipinski definition) is 2. The molecule has 0 aliphatic carbocycles. The highest BCUT2D eigenvalue weighted by molar-refractivity contribution is 6.78. The molecule has 0 radical (unpaired) electrons. The Hall–Kier alpha value is -3.55. The van der Waals surface area contributed by atoms with E-state index in [1.54, 1.807) is 17.7 Å². The normalized spacial score (nSPS) is 17.6. The van der Waals surface area contributed by atoms with Crippen LogP contribution in [0.15, 0.2) is 64.3 Å². The lowest BCUT2D eigenvalue weighted by atomic mass is 10.0. The molecule has 11 heteroatoms. The zero-order chi connectivity index (χ0) is 44.0. The van der Waals surface area contributed by atoms with Crippen molar-refractivity contribution in [1.82, 2.24) is 14.5 Å². The van der Waals surface area contributed by atoms with Crippen molar-refractivity contribution in [2.45, 2.75) is 175 Å². The molecule has 1 aliphatic rings. The molecular formula is C47H75N3O6Si2. The van der Waals surface area contributed by atoms with Crippen LogP contribution >= 0.6 is 0 Å². The first-order chi connectivity index (χ1) is 26.6. The number of carboxylic acids is 1. The van der Waals surface area contributed by atoms with E-state index in [1.165, 1.54) is 14.9 Å². The van der Waals surface area contributed by atoms with Gasteiger partial charge in [0.2, 0.25) is 5.91 Å². The van der Waals surface area contributed by atoms with Gasteiger partial charge in [-0.1, -0.05) is 156 Å². The fourth-order valence-electron chi connectivity index (χ4n) is 9.84. The number of rotatable bonds is 12. The van der Waals surface area contributed by atoms with Crippen LogP contribution in [0.3, 0.4) is 0 Å². The van der Waals surface area contributed by atoms with E-state index in [0.717, 1.165) is 24.0 Å². The van der Waals surface area contributed by atoms with Gasteiger partial charge in [0.05, 0.1) is 36.5 Å². The third kappa shape index (κ3) is 13.5. The van der Waals surface area contributed by atoms with Gasteiger partial charge in [-0.25, -0.2) is 4.79 Å². The van der Waals surface area contributed by atoms with Crippen LogP contribution in [0.4, 0.5) is 0 Å². The molecule has 0 spiro atoms. The Morgan fingerprint density at radius 3 is 1.62 bits per heavy atom. The van der Waals surface area contributed by atoms with Crippen LogP contribution < -0.4 is 26.9 Å². The van der Waals surface area contributed by atoms with Crippen LogP contribution in [0.1, 0.15) is 139 Å². The molecule has 1 saturated heterocycles. The van der Waals surface area contributed by atoms with E-state index in [4.69, 9.17) is 9.84 Å². The summed E-state index contributed by atoms with van der Waals surface area (Å²) in [5.74, 6) is -0.469. The molecule has 1 unspecified atom stereocenters. The molecular weight excluding hydrogens is 759 g/mol. The molecule has 322 valence electrons. The Morgan fingerprint density at radius 2 is 1.22 bits per heavy atom. The topological polar surface area (TPSA) is 120 Å². The maximum Gasteiger partial charge on any atom is 0.333 e. The Kier molecular flexibility index (Phi) is 16.6. The zero-order valence-corrected chi connectivity index (χ0v) is 40.7. The number of nitrogens with one attached hydrogen (secondary N) is 1. The number of aliphatic carboxylic acids is 1. The second-order valence-corrected chi connectivity index (χ2v) is 31.0. The first kappa shape index (κ1) is 48.8. The molecule has 1 fully saturated rings. The quantitative estimate of drug-likeness (QED) is 0.142. The van der Waals surface area contributed by atoms with Gasteiger partial charge >= 0.3 is 11.7 Å². The van der Waals surface area contributed by atoms with Crippen molar-refractivity contribution in [2.24, 2.45) is 5.92 Å². The summed E-state index contributed by atoms with van der Waals surface area (Å²) in [7, 11) is -2.45. The van der Waals surface area contributed by atoms with Gasteiger partial charge in [0.1, 0.15) is 6.23 Å². The Morgan fingerprint density at radius 1 is 0.776 bits per heavy atom. The van der Waals surface area contributed by atoms with Crippen molar-refractivity contribution in [2.75, 3.05) is 6.54 Å². The highest BCUT2D eigenvalue weighted by atomic mass is 28.3. The predicted octanol–water partition coefficient (Wildman–Crippen LogP) is 7.78. The maximum absolute atomic E-state index is 13.2. The van der Waals surface area contributed by atoms with Crippen LogP contribution in [0.5, 0.6) is 0 Å². The first-order valence-corrected chi connectivity index (χ1v) is 24.8. The number of benzene rings is 2. The van der Waals surface area contributed by atoms with E-state index in [0.29, 0.717) is 40.9 Å². The van der Waals surface area contributed by atoms with Gasteiger partial charge in [-0.15, -0.1) is 0 Å². The monoisotopic (exact) mass is 834 g/mol. The number of aryl methyl sites for hydroxylation is 1. The van der Waals surface area contributed by atoms with Gasteiger partial charge in [0, 0.05) is 24.8 Å². The summed E-state index contributed by atoms with van der Waals surface area (Å²) >= 11 is 0. The lowest BCUT2D eigenvalue weighted by Crippen LogP contribution is -2.45. The molecule has 0 saturated carbocycles. The molecule has 2 aromatic carbocycles. The highest BCUT2D eigenvalue weighted by Crippen LogP contribution is 2.42. The zero-order valence-electron chi connectivity index (χ0n) is 38.4. The number of nitrogens with zero attached hydrogens (tertiary/aromatic N) is 2. The molecule has 1 amide bonds. The second-order valence-electron chi connectivity index (χ2n) is 21.0. The largest absolute Gasteiger partial charge is 0.481 e. The predicted molar refractivity (Wildman–Crippen MR) is 246 cm³/mol. The standard InChI is InChI=1S/C31H49N3O4Si.C16H26O2Si/c1-10-25-21(2)18-27(38-25)34-20-22(3)28(36)33(29(34)37)17-11-16-32-26(35)19-23-12-14-24(15-13-23)39(30(4,5)6)31(7,8)9;1-15(2,3)19(16(4,5)6)13-9-7-12(8-10-13)11-14(17)18/h12-15,20-21,25,27,39H,10-11,16-19H2,1-9H3,(H,32,35);7-10,19H,11H2,1-6H3,(H,17,18)/t21-,25+,27?;/m0./s1. The number of aromatic nitrogens is 2. The molecule has 3 aromatic rings. The average molecular weight is 834 g/mol. The van der Waals surface area contributed by atoms with Crippen molar-refractivity contribution in [3.8, 4) is 0 Å². The molecule has 2 heterocycles. The van der Waals surface area contributed by atoms with E-state index < -0.39 is 23.6 Å². The Labute approximate surface area is 352 Å². The van der Waals surface area contributed by atoms with Crippen molar-refractivity contribution in [1.29, 1.82) is 0 Å². The average Bonchev–Trinajstić information content (AvgIpc) is 3.45. The minimum absolute atomic E-state index is 0.0591. The van der Waals surface area contributed by atoms with E-state index in [9.17, 15) is 19.2 Å². The summed E-state index contributed by atoms with van der Waals surface area (Å²) in [6, 6.07) is 16.8. The molecule has 2 N–H and O–H groups in total. The highest BCUT2D eigenvalue weighted by Gasteiger charge is 2.39. The molecule has 0 bridgehead atoms. The Balaban J connectivity index is 0.000000397. The fraction of sp³-hybridized carbons (Fsp3) is 0.617. The Bertz CT molecular complexity index is 1910. The summed E-state index contributed by atoms with van der Waals surface area (Å²) in [5, 5.41) is 15.8. The van der Waals surface area contributed by atoms with Gasteiger partial charge in [0.15, 0.2) is 0 Å². The van der Waals surface area contributed by atoms with Gasteiger partial charge in [-0.3, -0.25) is 23.5 Å². The molecule has 4 rings (SSSR count). The van der Waals surface area contributed by atoms with Crippen molar-refractivity contribution >= 4 is 39.8 Å². The van der Waals surface area contributed by atoms with Crippen LogP contribution in [0, 0.1) is 12.8 Å². The summed E-state index contributed by atoms with van der Waals surface area (Å²) in [6.07, 6.45) is 3.95. The summed E-state index contributed by atoms with van der Waals surface area (Å²) < 4.78 is 8.94. The van der Waals surface area contributed by atoms with E-state index in [2.05, 4.69) is 139 Å². The number of hydrogen-bond acceptors (Lipinski definition) is 5. The van der Waals surface area contributed by atoms with Crippen LogP contribution in [-0.2, 0) is 33.7 Å².